The van der Waals surface area contributed by atoms with Crippen LogP contribution >= 0.6 is 12.2 Å². The fraction of sp³-hybridized carbons (Fsp3) is 0.417. The molecule has 3 fully saturated rings. The van der Waals surface area contributed by atoms with Gasteiger partial charge in [-0.25, -0.2) is 4.98 Å². The summed E-state index contributed by atoms with van der Waals surface area (Å²) in [5, 5.41) is 0. The number of nitrogens with one attached hydrogen (secondary N) is 1. The number of para-hydroxylation sites is 3. The van der Waals surface area contributed by atoms with Crippen LogP contribution in [0, 0.1) is 11.8 Å². The highest BCUT2D eigenvalue weighted by molar-refractivity contribution is 7.71. The van der Waals surface area contributed by atoms with Gasteiger partial charge in [-0.1, -0.05) is 48.5 Å². The van der Waals surface area contributed by atoms with Crippen LogP contribution in [-0.2, 0) is 5.41 Å². The third-order valence-electron chi connectivity index (χ3n) is 10.9. The predicted molar refractivity (Wildman–Crippen MR) is 176 cm³/mol. The summed E-state index contributed by atoms with van der Waals surface area (Å²) in [5.41, 5.74) is 5.82. The zero-order valence-electron chi connectivity index (χ0n) is 25.2. The molecule has 3 aliphatic rings. The van der Waals surface area contributed by atoms with E-state index in [1.54, 1.807) is 0 Å². The van der Waals surface area contributed by atoms with Crippen molar-refractivity contribution in [3.63, 3.8) is 0 Å². The van der Waals surface area contributed by atoms with Gasteiger partial charge in [-0.3, -0.25) is 9.69 Å². The van der Waals surface area contributed by atoms with Crippen LogP contribution in [0.3, 0.4) is 0 Å². The number of benzene rings is 3. The van der Waals surface area contributed by atoms with Crippen molar-refractivity contribution in [1.29, 1.82) is 0 Å². The highest BCUT2D eigenvalue weighted by Crippen LogP contribution is 2.45. The first-order valence-electron chi connectivity index (χ1n) is 16.2. The Morgan fingerprint density at radius 2 is 1.68 bits per heavy atom. The molecule has 1 amide bonds. The molecule has 0 unspecified atom stereocenters. The topological polar surface area (TPSA) is 70.3 Å². The molecule has 3 aliphatic heterocycles. The summed E-state index contributed by atoms with van der Waals surface area (Å²) in [6.45, 7) is 4.76. The monoisotopic (exact) mass is 605 g/mol. The Bertz CT molecular complexity index is 1870. The number of aromatic amines is 1. The number of aryl methyl sites for hydroxylation is 1. The second-order valence-electron chi connectivity index (χ2n) is 13.1. The number of fused-ring (bicyclic) bond motifs is 4. The number of nitrogens with zero attached hydrogens (tertiary/aromatic N) is 4. The van der Waals surface area contributed by atoms with E-state index in [4.69, 9.17) is 21.6 Å². The molecule has 7 nitrogen and oxygen atoms in total. The van der Waals surface area contributed by atoms with Crippen LogP contribution in [0.15, 0.2) is 77.2 Å². The van der Waals surface area contributed by atoms with Gasteiger partial charge in [0, 0.05) is 31.2 Å². The molecule has 3 saturated heterocycles. The maximum Gasteiger partial charge on any atom is 0.266 e. The fourth-order valence-electron chi connectivity index (χ4n) is 8.72. The molecule has 44 heavy (non-hydrogen) atoms. The second-order valence-corrected chi connectivity index (χ2v) is 13.5. The van der Waals surface area contributed by atoms with E-state index in [1.165, 1.54) is 36.8 Å². The molecule has 0 radical (unpaired) electrons. The Labute approximate surface area is 262 Å². The molecule has 8 rings (SSSR count). The molecule has 8 heteroatoms. The molecule has 2 bridgehead atoms. The van der Waals surface area contributed by atoms with E-state index in [9.17, 15) is 4.79 Å². The first-order valence-corrected chi connectivity index (χ1v) is 16.6. The molecule has 3 aromatic carbocycles. The lowest BCUT2D eigenvalue weighted by Gasteiger charge is -2.45. The van der Waals surface area contributed by atoms with Crippen molar-refractivity contribution in [3.8, 4) is 0 Å². The van der Waals surface area contributed by atoms with E-state index < -0.39 is 0 Å². The Morgan fingerprint density at radius 3 is 2.45 bits per heavy atom. The van der Waals surface area contributed by atoms with Crippen molar-refractivity contribution in [2.45, 2.75) is 75.4 Å². The third kappa shape index (κ3) is 4.70. The lowest BCUT2D eigenvalue weighted by molar-refractivity contribution is 0.0608. The summed E-state index contributed by atoms with van der Waals surface area (Å²) in [4.78, 5) is 26.8. The highest BCUT2D eigenvalue weighted by Gasteiger charge is 2.44. The van der Waals surface area contributed by atoms with Gasteiger partial charge in [0.2, 0.25) is 0 Å². The van der Waals surface area contributed by atoms with E-state index in [-0.39, 0.29) is 11.3 Å². The number of hydrogen-bond donors (Lipinski definition) is 1. The number of carbonyl (C=O) groups is 1. The molecular weight excluding hydrogens is 566 g/mol. The Hall–Kier alpha value is -3.75. The summed E-state index contributed by atoms with van der Waals surface area (Å²) in [5.74, 6) is 1.19. The molecule has 3 atom stereocenters. The summed E-state index contributed by atoms with van der Waals surface area (Å²) in [7, 11) is 0. The molecule has 1 N–H and O–H groups in total. The first-order chi connectivity index (χ1) is 21.5. The van der Waals surface area contributed by atoms with Gasteiger partial charge >= 0.3 is 0 Å². The first kappa shape index (κ1) is 27.8. The number of piperidine rings is 2. The van der Waals surface area contributed by atoms with E-state index >= 15 is 0 Å². The number of likely N-dealkylation sites (tertiary alicyclic amines) is 1. The molecule has 5 heterocycles. The van der Waals surface area contributed by atoms with Gasteiger partial charge in [0.05, 0.1) is 22.1 Å². The Balaban J connectivity index is 0.992. The van der Waals surface area contributed by atoms with Crippen LogP contribution in [-0.4, -0.2) is 62.0 Å². The van der Waals surface area contributed by atoms with Crippen LogP contribution in [0.2, 0.25) is 0 Å². The van der Waals surface area contributed by atoms with Crippen molar-refractivity contribution in [3.05, 3.63) is 94.6 Å². The molecule has 0 aliphatic carbocycles. The van der Waals surface area contributed by atoms with Crippen molar-refractivity contribution >= 4 is 40.3 Å². The van der Waals surface area contributed by atoms with Crippen LogP contribution in [0.1, 0.15) is 72.7 Å². The molecule has 2 aromatic heterocycles. The summed E-state index contributed by atoms with van der Waals surface area (Å²) in [6.07, 6.45) is 8.01. The number of hydrogen-bond acceptors (Lipinski definition) is 5. The molecular formula is C36H39N5O2S. The van der Waals surface area contributed by atoms with Gasteiger partial charge in [0.1, 0.15) is 5.82 Å². The number of oxazole rings is 1. The van der Waals surface area contributed by atoms with E-state index in [2.05, 4.69) is 76.0 Å². The minimum atomic E-state index is 0.0479. The molecule has 0 saturated carbocycles. The van der Waals surface area contributed by atoms with E-state index in [0.717, 1.165) is 50.2 Å². The molecule has 5 aromatic rings. The smallest absolute Gasteiger partial charge is 0.266 e. The summed E-state index contributed by atoms with van der Waals surface area (Å²) >= 11 is 5.20. The third-order valence-corrected chi connectivity index (χ3v) is 11.1. The zero-order valence-corrected chi connectivity index (χ0v) is 26.1. The van der Waals surface area contributed by atoms with Gasteiger partial charge in [-0.15, -0.1) is 0 Å². The minimum Gasteiger partial charge on any atom is -0.429 e. The van der Waals surface area contributed by atoms with Crippen LogP contribution in [0.25, 0.3) is 22.1 Å². The average Bonchev–Trinajstić information content (AvgIpc) is 3.68. The average molecular weight is 606 g/mol. The Morgan fingerprint density at radius 1 is 0.955 bits per heavy atom. The maximum absolute atomic E-state index is 13.7. The minimum absolute atomic E-state index is 0.0479. The lowest BCUT2D eigenvalue weighted by atomic mass is 9.70. The standard InChI is InChI=1S/C36H39N5O2S/c1-24-37-30-11-5-6-12-31(30)41(24)28-22-26-14-15-27(23-28)40(26)21-18-36(25-8-3-2-4-9-25)16-19-39(20-17-36)34(42)29-10-7-13-32-33(29)38-35(44)43-32/h2-13,26-28H,14-23H2,1H3,(H,38,44)/t26-,27+,28+. The predicted octanol–water partition coefficient (Wildman–Crippen LogP) is 7.58. The largest absolute Gasteiger partial charge is 0.429 e. The zero-order chi connectivity index (χ0) is 29.8. The summed E-state index contributed by atoms with van der Waals surface area (Å²) in [6, 6.07) is 27.0. The van der Waals surface area contributed by atoms with Gasteiger partial charge in [-0.2, -0.15) is 0 Å². The van der Waals surface area contributed by atoms with Crippen molar-refractivity contribution < 1.29 is 9.21 Å². The Kier molecular flexibility index (Phi) is 6.94. The number of imidazole rings is 1. The van der Waals surface area contributed by atoms with Gasteiger partial charge in [-0.05, 0) is 106 Å². The van der Waals surface area contributed by atoms with Gasteiger partial charge < -0.3 is 18.9 Å². The van der Waals surface area contributed by atoms with Gasteiger partial charge in [0.25, 0.3) is 10.7 Å². The number of rotatable bonds is 6. The quantitative estimate of drug-likeness (QED) is 0.202. The van der Waals surface area contributed by atoms with Crippen molar-refractivity contribution in [1.82, 2.24) is 24.3 Å². The van der Waals surface area contributed by atoms with Crippen molar-refractivity contribution in [2.24, 2.45) is 0 Å². The van der Waals surface area contributed by atoms with Gasteiger partial charge in [0.15, 0.2) is 5.58 Å². The SMILES string of the molecule is Cc1nc2ccccc2n1[C@H]1C[C@H]2CC[C@@H](C1)N2CCC1(c2ccccc2)CCN(C(=O)c2cccc3oc(=S)[nH]c23)CC1. The summed E-state index contributed by atoms with van der Waals surface area (Å²) < 4.78 is 8.10. The van der Waals surface area contributed by atoms with Crippen LogP contribution in [0.5, 0.6) is 0 Å². The maximum atomic E-state index is 13.7. The molecule has 0 spiro atoms. The number of aromatic nitrogens is 3. The number of amides is 1. The van der Waals surface area contributed by atoms with Crippen LogP contribution in [0.4, 0.5) is 0 Å². The normalized spacial score (nSPS) is 23.5. The van der Waals surface area contributed by atoms with E-state index in [0.29, 0.717) is 39.6 Å². The van der Waals surface area contributed by atoms with Crippen molar-refractivity contribution in [2.75, 3.05) is 19.6 Å². The van der Waals surface area contributed by atoms with Crippen LogP contribution < -0.4 is 0 Å². The number of H-pyrrole nitrogens is 1. The lowest BCUT2D eigenvalue weighted by Crippen LogP contribution is -2.49. The van der Waals surface area contributed by atoms with E-state index in [1.807, 2.05) is 23.1 Å². The fourth-order valence-corrected chi connectivity index (χ4v) is 8.92. The number of carbonyl (C=O) groups excluding carboxylic acids is 1. The second kappa shape index (κ2) is 11.0. The molecule has 226 valence electrons. The highest BCUT2D eigenvalue weighted by atomic mass is 32.1.